The molecule has 0 aromatic heterocycles. The first kappa shape index (κ1) is 12.9. The molecule has 0 radical (unpaired) electrons. The number of nitrogen functional groups attached to an aromatic ring is 1. The Balaban J connectivity index is 2.55. The van der Waals surface area contributed by atoms with E-state index in [1.54, 1.807) is 36.2 Å². The molecule has 0 aliphatic carbocycles. The van der Waals surface area contributed by atoms with Gasteiger partial charge in [-0.1, -0.05) is 12.1 Å². The number of nitrogens with zero attached hydrogens (tertiary/aromatic N) is 1. The van der Waals surface area contributed by atoms with Gasteiger partial charge in [0.25, 0.3) is 0 Å². The third kappa shape index (κ3) is 2.49. The Morgan fingerprint density at radius 2 is 1.95 bits per heavy atom. The second kappa shape index (κ2) is 4.97. The molecule has 0 aliphatic heterocycles. The minimum Gasteiger partial charge on any atom is -0.478 e. The number of carboxylic acids is 1. The first-order valence-electron chi connectivity index (χ1n) is 5.62. The molecule has 0 fully saturated rings. The second-order valence-electron chi connectivity index (χ2n) is 4.09. The van der Waals surface area contributed by atoms with Gasteiger partial charge in [0.05, 0.1) is 16.9 Å². The zero-order valence-corrected chi connectivity index (χ0v) is 10.3. The number of hydrogen-bond donors (Lipinski definition) is 2. The number of benzene rings is 2. The molecule has 0 bridgehead atoms. The van der Waals surface area contributed by atoms with E-state index < -0.39 is 11.8 Å². The minimum absolute atomic E-state index is 0.0757. The molecule has 2 aromatic rings. The Labute approximate surface area is 109 Å². The molecule has 0 spiro atoms. The SMILES string of the molecule is CN(c1cccc(F)c1)c1c(N)cccc1C(=O)O. The largest absolute Gasteiger partial charge is 0.478 e. The first-order chi connectivity index (χ1) is 9.00. The molecule has 2 rings (SSSR count). The van der Waals surface area contributed by atoms with Crippen molar-refractivity contribution in [1.29, 1.82) is 0 Å². The van der Waals surface area contributed by atoms with Gasteiger partial charge in [-0.15, -0.1) is 0 Å². The fourth-order valence-corrected chi connectivity index (χ4v) is 1.92. The van der Waals surface area contributed by atoms with Crippen molar-refractivity contribution in [2.24, 2.45) is 0 Å². The van der Waals surface area contributed by atoms with E-state index in [-0.39, 0.29) is 5.56 Å². The molecule has 0 saturated heterocycles. The molecule has 5 heteroatoms. The highest BCUT2D eigenvalue weighted by Gasteiger charge is 2.17. The van der Waals surface area contributed by atoms with Crippen LogP contribution in [0.3, 0.4) is 0 Å². The number of carboxylic acid groups (broad SMARTS) is 1. The summed E-state index contributed by atoms with van der Waals surface area (Å²) in [4.78, 5) is 12.8. The Kier molecular flexibility index (Phi) is 3.37. The van der Waals surface area contributed by atoms with Gasteiger partial charge >= 0.3 is 5.97 Å². The maximum Gasteiger partial charge on any atom is 0.337 e. The summed E-state index contributed by atoms with van der Waals surface area (Å²) in [5.41, 5.74) is 7.11. The lowest BCUT2D eigenvalue weighted by Gasteiger charge is -2.23. The summed E-state index contributed by atoms with van der Waals surface area (Å²) in [6.45, 7) is 0. The van der Waals surface area contributed by atoms with Crippen molar-refractivity contribution in [3.05, 3.63) is 53.8 Å². The normalized spacial score (nSPS) is 10.2. The number of carbonyl (C=O) groups is 1. The van der Waals surface area contributed by atoms with Gasteiger partial charge in [-0.2, -0.15) is 0 Å². The lowest BCUT2D eigenvalue weighted by atomic mass is 10.1. The summed E-state index contributed by atoms with van der Waals surface area (Å²) in [6, 6.07) is 10.5. The molecule has 4 nitrogen and oxygen atoms in total. The van der Waals surface area contributed by atoms with E-state index in [2.05, 4.69) is 0 Å². The van der Waals surface area contributed by atoms with Crippen LogP contribution in [0.2, 0.25) is 0 Å². The van der Waals surface area contributed by atoms with E-state index in [9.17, 15) is 14.3 Å². The molecule has 0 saturated carbocycles. The summed E-state index contributed by atoms with van der Waals surface area (Å²) in [5.74, 6) is -1.47. The summed E-state index contributed by atoms with van der Waals surface area (Å²) in [7, 11) is 1.65. The molecule has 0 unspecified atom stereocenters. The molecule has 0 amide bonds. The molecular formula is C14H13FN2O2. The highest BCUT2D eigenvalue weighted by molar-refractivity contribution is 5.99. The predicted octanol–water partition coefficient (Wildman–Crippen LogP) is 2.87. The van der Waals surface area contributed by atoms with Crippen molar-refractivity contribution in [2.45, 2.75) is 0 Å². The fraction of sp³-hybridized carbons (Fsp3) is 0.0714. The molecule has 0 heterocycles. The summed E-state index contributed by atoms with van der Waals surface area (Å²) >= 11 is 0. The van der Waals surface area contributed by atoms with Crippen molar-refractivity contribution < 1.29 is 14.3 Å². The topological polar surface area (TPSA) is 66.6 Å². The molecule has 0 aliphatic rings. The van der Waals surface area contributed by atoms with Crippen LogP contribution in [0.4, 0.5) is 21.5 Å². The lowest BCUT2D eigenvalue weighted by Crippen LogP contribution is -2.16. The number of halogens is 1. The number of hydrogen-bond acceptors (Lipinski definition) is 3. The molecule has 2 aromatic carbocycles. The van der Waals surface area contributed by atoms with Gasteiger partial charge in [-0.05, 0) is 30.3 Å². The first-order valence-corrected chi connectivity index (χ1v) is 5.62. The Bertz CT molecular complexity index is 629. The number of nitrogens with two attached hydrogens (primary N) is 1. The summed E-state index contributed by atoms with van der Waals surface area (Å²) in [6.07, 6.45) is 0. The van der Waals surface area contributed by atoms with Crippen LogP contribution < -0.4 is 10.6 Å². The smallest absolute Gasteiger partial charge is 0.337 e. The predicted molar refractivity (Wildman–Crippen MR) is 72.3 cm³/mol. The minimum atomic E-state index is -1.08. The Morgan fingerprint density at radius 3 is 2.58 bits per heavy atom. The number of anilines is 3. The van der Waals surface area contributed by atoms with Crippen LogP contribution in [0.15, 0.2) is 42.5 Å². The van der Waals surface area contributed by atoms with Crippen LogP contribution in [0.1, 0.15) is 10.4 Å². The van der Waals surface area contributed by atoms with Gasteiger partial charge in [-0.3, -0.25) is 0 Å². The fourth-order valence-electron chi connectivity index (χ4n) is 1.92. The molecule has 98 valence electrons. The molecule has 0 atom stereocenters. The second-order valence-corrected chi connectivity index (χ2v) is 4.09. The average molecular weight is 260 g/mol. The Hall–Kier alpha value is -2.56. The highest BCUT2D eigenvalue weighted by atomic mass is 19.1. The average Bonchev–Trinajstić information content (AvgIpc) is 2.37. The van der Waals surface area contributed by atoms with Crippen LogP contribution in [-0.4, -0.2) is 18.1 Å². The maximum absolute atomic E-state index is 13.2. The standard InChI is InChI=1S/C14H13FN2O2/c1-17(10-5-2-4-9(15)8-10)13-11(14(18)19)6-3-7-12(13)16/h2-8H,16H2,1H3,(H,18,19). The monoisotopic (exact) mass is 260 g/mol. The third-order valence-corrected chi connectivity index (χ3v) is 2.83. The highest BCUT2D eigenvalue weighted by Crippen LogP contribution is 2.32. The van der Waals surface area contributed by atoms with Crippen LogP contribution in [0, 0.1) is 5.82 Å². The Morgan fingerprint density at radius 1 is 1.26 bits per heavy atom. The van der Waals surface area contributed by atoms with Crippen molar-refractivity contribution in [3.8, 4) is 0 Å². The van der Waals surface area contributed by atoms with Gasteiger partial charge in [-0.25, -0.2) is 9.18 Å². The molecular weight excluding hydrogens is 247 g/mol. The van der Waals surface area contributed by atoms with Crippen LogP contribution in [0.25, 0.3) is 0 Å². The van der Waals surface area contributed by atoms with E-state index in [4.69, 9.17) is 5.73 Å². The zero-order chi connectivity index (χ0) is 14.0. The van der Waals surface area contributed by atoms with Gasteiger partial charge in [0.15, 0.2) is 0 Å². The van der Waals surface area contributed by atoms with E-state index in [1.807, 2.05) is 0 Å². The summed E-state index contributed by atoms with van der Waals surface area (Å²) < 4.78 is 13.2. The lowest BCUT2D eigenvalue weighted by molar-refractivity contribution is 0.0697. The van der Waals surface area contributed by atoms with Crippen molar-refractivity contribution in [3.63, 3.8) is 0 Å². The quantitative estimate of drug-likeness (QED) is 0.833. The van der Waals surface area contributed by atoms with E-state index in [1.165, 1.54) is 18.2 Å². The van der Waals surface area contributed by atoms with Crippen LogP contribution in [0.5, 0.6) is 0 Å². The van der Waals surface area contributed by atoms with Crippen LogP contribution in [-0.2, 0) is 0 Å². The number of rotatable bonds is 3. The third-order valence-electron chi connectivity index (χ3n) is 2.83. The summed E-state index contributed by atoms with van der Waals surface area (Å²) in [5, 5.41) is 9.18. The number of aromatic carboxylic acids is 1. The van der Waals surface area contributed by atoms with Gasteiger partial charge in [0, 0.05) is 12.7 Å². The van der Waals surface area contributed by atoms with Crippen LogP contribution >= 0.6 is 0 Å². The molecule has 3 N–H and O–H groups in total. The van der Waals surface area contributed by atoms with Gasteiger partial charge in [0.2, 0.25) is 0 Å². The maximum atomic E-state index is 13.2. The van der Waals surface area contributed by atoms with E-state index in [0.717, 1.165) is 0 Å². The van der Waals surface area contributed by atoms with Crippen molar-refractivity contribution >= 4 is 23.0 Å². The van der Waals surface area contributed by atoms with E-state index >= 15 is 0 Å². The van der Waals surface area contributed by atoms with Crippen molar-refractivity contribution in [1.82, 2.24) is 0 Å². The number of para-hydroxylation sites is 1. The van der Waals surface area contributed by atoms with Gasteiger partial charge < -0.3 is 15.7 Å². The van der Waals surface area contributed by atoms with Crippen molar-refractivity contribution in [2.75, 3.05) is 17.7 Å². The van der Waals surface area contributed by atoms with E-state index in [0.29, 0.717) is 17.1 Å². The zero-order valence-electron chi connectivity index (χ0n) is 10.3. The van der Waals surface area contributed by atoms with Gasteiger partial charge in [0.1, 0.15) is 5.82 Å². The molecule has 19 heavy (non-hydrogen) atoms.